The molecule has 0 aliphatic rings. The van der Waals surface area contributed by atoms with Crippen LogP contribution in [-0.2, 0) is 9.53 Å². The Morgan fingerprint density at radius 3 is 2.26 bits per heavy atom. The molecule has 0 unspecified atom stereocenters. The van der Waals surface area contributed by atoms with E-state index in [1.165, 1.54) is 12.5 Å². The summed E-state index contributed by atoms with van der Waals surface area (Å²) >= 11 is 0. The average molecular weight is 262 g/mol. The van der Waals surface area contributed by atoms with E-state index in [9.17, 15) is 4.79 Å². The molecule has 0 saturated carbocycles. The van der Waals surface area contributed by atoms with Crippen LogP contribution in [0.1, 0.15) is 53.4 Å². The van der Waals surface area contributed by atoms with Gasteiger partial charge in [0.2, 0.25) is 0 Å². The molecule has 0 aromatic rings. The topological polar surface area (TPSA) is 26.3 Å². The van der Waals surface area contributed by atoms with Gasteiger partial charge >= 0.3 is 5.97 Å². The zero-order chi connectivity index (χ0) is 14.7. The zero-order valence-corrected chi connectivity index (χ0v) is 12.7. The van der Waals surface area contributed by atoms with Crippen molar-refractivity contribution in [3.8, 4) is 0 Å². The lowest BCUT2D eigenvalue weighted by molar-refractivity contribution is -0.137. The van der Waals surface area contributed by atoms with E-state index in [2.05, 4.69) is 26.5 Å². The summed E-state index contributed by atoms with van der Waals surface area (Å²) in [5.41, 5.74) is 2.37. The van der Waals surface area contributed by atoms with Crippen LogP contribution < -0.4 is 0 Å². The van der Waals surface area contributed by atoms with Crippen molar-refractivity contribution in [2.75, 3.05) is 0 Å². The number of hydrogen-bond donors (Lipinski definition) is 0. The van der Waals surface area contributed by atoms with Crippen molar-refractivity contribution < 1.29 is 9.53 Å². The fourth-order valence-electron chi connectivity index (χ4n) is 1.62. The Labute approximate surface area is 117 Å². The largest absolute Gasteiger partial charge is 0.432 e. The summed E-state index contributed by atoms with van der Waals surface area (Å²) in [6, 6.07) is 0. The standard InChI is InChI=1S/C17H26O2/c1-6-9-15(4)11-8-13-17(19-16(5)18)12-7-10-14(2)3/h6,9-10,13H,4,7-8,11-12H2,1-3,5H3/b9-6-,17-13?. The number of rotatable bonds is 8. The highest BCUT2D eigenvalue weighted by Crippen LogP contribution is 2.13. The first kappa shape index (κ1) is 17.4. The lowest BCUT2D eigenvalue weighted by atomic mass is 10.1. The van der Waals surface area contributed by atoms with Crippen molar-refractivity contribution >= 4 is 5.97 Å². The minimum atomic E-state index is -0.254. The van der Waals surface area contributed by atoms with E-state index in [0.717, 1.165) is 37.0 Å². The van der Waals surface area contributed by atoms with Crippen LogP contribution >= 0.6 is 0 Å². The van der Waals surface area contributed by atoms with Crippen molar-refractivity contribution in [1.82, 2.24) is 0 Å². The van der Waals surface area contributed by atoms with Gasteiger partial charge in [-0.25, -0.2) is 0 Å². The van der Waals surface area contributed by atoms with Crippen LogP contribution in [0.5, 0.6) is 0 Å². The lowest BCUT2D eigenvalue weighted by Crippen LogP contribution is -1.99. The summed E-state index contributed by atoms with van der Waals surface area (Å²) in [7, 11) is 0. The Hall–Kier alpha value is -1.57. The zero-order valence-electron chi connectivity index (χ0n) is 12.7. The first-order valence-electron chi connectivity index (χ1n) is 6.77. The Kier molecular flexibility index (Phi) is 9.51. The highest BCUT2D eigenvalue weighted by Gasteiger charge is 2.01. The molecule has 0 radical (unpaired) electrons. The van der Waals surface area contributed by atoms with Gasteiger partial charge in [-0.2, -0.15) is 0 Å². The third-order valence-electron chi connectivity index (χ3n) is 2.46. The van der Waals surface area contributed by atoms with Crippen LogP contribution in [0, 0.1) is 0 Å². The molecule has 0 bridgehead atoms. The van der Waals surface area contributed by atoms with E-state index in [1.807, 2.05) is 25.2 Å². The molecule has 0 N–H and O–H groups in total. The third kappa shape index (κ3) is 11.3. The number of carbonyl (C=O) groups excluding carboxylic acids is 1. The molecule has 0 atom stereocenters. The molecule has 2 nitrogen and oxygen atoms in total. The highest BCUT2D eigenvalue weighted by molar-refractivity contribution is 5.67. The predicted octanol–water partition coefficient (Wildman–Crippen LogP) is 5.09. The van der Waals surface area contributed by atoms with Gasteiger partial charge in [-0.3, -0.25) is 4.79 Å². The average Bonchev–Trinajstić information content (AvgIpc) is 2.27. The van der Waals surface area contributed by atoms with Gasteiger partial charge in [0, 0.05) is 13.3 Å². The minimum Gasteiger partial charge on any atom is -0.432 e. The smallest absolute Gasteiger partial charge is 0.307 e. The van der Waals surface area contributed by atoms with E-state index in [0.29, 0.717) is 0 Å². The Bertz CT molecular complexity index is 380. The van der Waals surface area contributed by atoms with E-state index in [1.54, 1.807) is 0 Å². The molecular formula is C17H26O2. The highest BCUT2D eigenvalue weighted by atomic mass is 16.5. The molecule has 0 aromatic heterocycles. The molecule has 0 aliphatic heterocycles. The SMILES string of the molecule is C=C(/C=C\C)CCC=C(CCC=C(C)C)OC(C)=O. The van der Waals surface area contributed by atoms with Crippen molar-refractivity contribution in [2.24, 2.45) is 0 Å². The normalized spacial score (nSPS) is 11.5. The molecule has 2 heteroatoms. The molecule has 19 heavy (non-hydrogen) atoms. The van der Waals surface area contributed by atoms with Gasteiger partial charge in [-0.1, -0.05) is 36.0 Å². The Balaban J connectivity index is 4.35. The van der Waals surface area contributed by atoms with Crippen molar-refractivity contribution in [3.63, 3.8) is 0 Å². The van der Waals surface area contributed by atoms with Gasteiger partial charge in [-0.05, 0) is 46.1 Å². The molecule has 0 saturated heterocycles. The molecule has 0 fully saturated rings. The van der Waals surface area contributed by atoms with Crippen LogP contribution in [0.4, 0.5) is 0 Å². The van der Waals surface area contributed by atoms with Crippen LogP contribution in [0.25, 0.3) is 0 Å². The number of carbonyl (C=O) groups is 1. The number of esters is 1. The number of hydrogen-bond acceptors (Lipinski definition) is 2. The lowest BCUT2D eigenvalue weighted by Gasteiger charge is -2.06. The summed E-state index contributed by atoms with van der Waals surface area (Å²) in [6.07, 6.45) is 11.5. The van der Waals surface area contributed by atoms with Crippen molar-refractivity contribution in [2.45, 2.75) is 53.4 Å². The fraction of sp³-hybridized carbons (Fsp3) is 0.471. The summed E-state index contributed by atoms with van der Waals surface area (Å²) in [5.74, 6) is 0.508. The van der Waals surface area contributed by atoms with Gasteiger partial charge in [0.25, 0.3) is 0 Å². The van der Waals surface area contributed by atoms with E-state index in [4.69, 9.17) is 4.74 Å². The molecular weight excluding hydrogens is 236 g/mol. The molecule has 0 aromatic carbocycles. The van der Waals surface area contributed by atoms with E-state index in [-0.39, 0.29) is 5.97 Å². The Morgan fingerprint density at radius 2 is 1.74 bits per heavy atom. The summed E-state index contributed by atoms with van der Waals surface area (Å²) in [4.78, 5) is 11.0. The molecule has 0 heterocycles. The van der Waals surface area contributed by atoms with Gasteiger partial charge in [0.15, 0.2) is 0 Å². The predicted molar refractivity (Wildman–Crippen MR) is 81.7 cm³/mol. The number of allylic oxidation sites excluding steroid dienone is 7. The first-order chi connectivity index (χ1) is 8.95. The van der Waals surface area contributed by atoms with Crippen molar-refractivity contribution in [3.05, 3.63) is 47.8 Å². The number of ether oxygens (including phenoxy) is 1. The van der Waals surface area contributed by atoms with Gasteiger partial charge < -0.3 is 4.74 Å². The quantitative estimate of drug-likeness (QED) is 0.263. The maximum atomic E-state index is 11.0. The van der Waals surface area contributed by atoms with E-state index >= 15 is 0 Å². The van der Waals surface area contributed by atoms with Gasteiger partial charge in [0.1, 0.15) is 5.76 Å². The Morgan fingerprint density at radius 1 is 1.11 bits per heavy atom. The molecule has 0 rings (SSSR count). The van der Waals surface area contributed by atoms with Crippen LogP contribution in [0.15, 0.2) is 47.8 Å². The monoisotopic (exact) mass is 262 g/mol. The fourth-order valence-corrected chi connectivity index (χ4v) is 1.62. The maximum Gasteiger partial charge on any atom is 0.307 e. The molecule has 0 aliphatic carbocycles. The molecule has 106 valence electrons. The second-order valence-electron chi connectivity index (χ2n) is 4.78. The molecule has 0 spiro atoms. The maximum absolute atomic E-state index is 11.0. The van der Waals surface area contributed by atoms with Crippen molar-refractivity contribution in [1.29, 1.82) is 0 Å². The van der Waals surface area contributed by atoms with Gasteiger partial charge in [0.05, 0.1) is 0 Å². The van der Waals surface area contributed by atoms with Crippen LogP contribution in [-0.4, -0.2) is 5.97 Å². The van der Waals surface area contributed by atoms with E-state index < -0.39 is 0 Å². The van der Waals surface area contributed by atoms with Crippen LogP contribution in [0.2, 0.25) is 0 Å². The summed E-state index contributed by atoms with van der Waals surface area (Å²) in [5, 5.41) is 0. The second-order valence-corrected chi connectivity index (χ2v) is 4.78. The second kappa shape index (κ2) is 10.4. The molecule has 0 amide bonds. The third-order valence-corrected chi connectivity index (χ3v) is 2.46. The minimum absolute atomic E-state index is 0.254. The van der Waals surface area contributed by atoms with Gasteiger partial charge in [-0.15, -0.1) is 0 Å². The first-order valence-corrected chi connectivity index (χ1v) is 6.77. The summed E-state index contributed by atoms with van der Waals surface area (Å²) < 4.78 is 5.22. The summed E-state index contributed by atoms with van der Waals surface area (Å²) in [6.45, 7) is 11.5. The van der Waals surface area contributed by atoms with Crippen LogP contribution in [0.3, 0.4) is 0 Å².